The third kappa shape index (κ3) is 2.88. The second-order valence-electron chi connectivity index (χ2n) is 5.33. The number of hydrogen-bond donors (Lipinski definition) is 1. The highest BCUT2D eigenvalue weighted by atomic mass is 35.5. The van der Waals surface area contributed by atoms with E-state index in [4.69, 9.17) is 11.6 Å². The van der Waals surface area contributed by atoms with Gasteiger partial charge >= 0.3 is 0 Å². The highest BCUT2D eigenvalue weighted by Gasteiger charge is 2.13. The number of carbonyl (C=O) groups excluding carboxylic acids is 1. The zero-order valence-electron chi connectivity index (χ0n) is 12.7. The van der Waals surface area contributed by atoms with Gasteiger partial charge in [0.05, 0.1) is 31.9 Å². The topological polar surface area (TPSA) is 54.9 Å². The molecular weight excluding hydrogens is 362 g/mol. The predicted molar refractivity (Wildman–Crippen MR) is 101 cm³/mol. The van der Waals surface area contributed by atoms with Crippen molar-refractivity contribution < 1.29 is 4.79 Å². The third-order valence-corrected chi connectivity index (χ3v) is 6.08. The summed E-state index contributed by atoms with van der Waals surface area (Å²) >= 11 is 9.23. The van der Waals surface area contributed by atoms with Gasteiger partial charge in [-0.25, -0.2) is 9.97 Å². The van der Waals surface area contributed by atoms with Crippen molar-refractivity contribution in [1.82, 2.24) is 9.97 Å². The Morgan fingerprint density at radius 2 is 1.79 bits per heavy atom. The maximum Gasteiger partial charge on any atom is 0.230 e. The van der Waals surface area contributed by atoms with E-state index in [9.17, 15) is 4.79 Å². The standard InChI is InChI=1S/C17H12ClN3OS2/c1-9-19-12-6-7-13-16(15(12)23-9)24-17(20-13)21-14(22)8-10-4-2-3-5-11(10)18/h2-7H,8H2,1H3,(H,20,21,22). The zero-order chi connectivity index (χ0) is 16.7. The van der Waals surface area contributed by atoms with Crippen LogP contribution in [0.3, 0.4) is 0 Å². The molecule has 1 N–H and O–H groups in total. The lowest BCUT2D eigenvalue weighted by molar-refractivity contribution is -0.115. The van der Waals surface area contributed by atoms with Crippen molar-refractivity contribution >= 4 is 65.7 Å². The minimum Gasteiger partial charge on any atom is -0.302 e. The first-order valence-electron chi connectivity index (χ1n) is 7.30. The Labute approximate surface area is 151 Å². The quantitative estimate of drug-likeness (QED) is 0.546. The molecule has 0 bridgehead atoms. The van der Waals surface area contributed by atoms with Crippen LogP contribution in [0.25, 0.3) is 20.4 Å². The molecule has 0 unspecified atom stereocenters. The Morgan fingerprint density at radius 1 is 1.08 bits per heavy atom. The molecule has 7 heteroatoms. The van der Waals surface area contributed by atoms with Crippen molar-refractivity contribution in [1.29, 1.82) is 0 Å². The molecule has 24 heavy (non-hydrogen) atoms. The van der Waals surface area contributed by atoms with Gasteiger partial charge in [-0.2, -0.15) is 0 Å². The third-order valence-electron chi connectivity index (χ3n) is 3.57. The fourth-order valence-electron chi connectivity index (χ4n) is 2.52. The van der Waals surface area contributed by atoms with Crippen LogP contribution in [0.4, 0.5) is 5.13 Å². The summed E-state index contributed by atoms with van der Waals surface area (Å²) in [5.41, 5.74) is 2.66. The van der Waals surface area contributed by atoms with Gasteiger partial charge in [0, 0.05) is 5.02 Å². The first-order valence-corrected chi connectivity index (χ1v) is 9.31. The number of nitrogens with zero attached hydrogens (tertiary/aromatic N) is 2. The Balaban J connectivity index is 1.61. The first kappa shape index (κ1) is 15.5. The van der Waals surface area contributed by atoms with E-state index in [1.54, 1.807) is 17.4 Å². The van der Waals surface area contributed by atoms with Gasteiger partial charge in [-0.3, -0.25) is 4.79 Å². The number of fused-ring (bicyclic) bond motifs is 3. The smallest absolute Gasteiger partial charge is 0.230 e. The van der Waals surface area contributed by atoms with E-state index in [1.807, 2.05) is 37.3 Å². The molecule has 0 spiro atoms. The summed E-state index contributed by atoms with van der Waals surface area (Å²) in [4.78, 5) is 21.3. The summed E-state index contributed by atoms with van der Waals surface area (Å²) in [5, 5.41) is 5.09. The second-order valence-corrected chi connectivity index (χ2v) is 7.94. The summed E-state index contributed by atoms with van der Waals surface area (Å²) in [6.45, 7) is 1.99. The van der Waals surface area contributed by atoms with Crippen LogP contribution in [0.1, 0.15) is 10.6 Å². The lowest BCUT2D eigenvalue weighted by Crippen LogP contribution is -2.14. The molecule has 0 aliphatic heterocycles. The van der Waals surface area contributed by atoms with Gasteiger partial charge in [-0.1, -0.05) is 41.1 Å². The molecule has 4 rings (SSSR count). The molecule has 0 atom stereocenters. The number of benzene rings is 2. The van der Waals surface area contributed by atoms with Crippen molar-refractivity contribution in [3.8, 4) is 0 Å². The highest BCUT2D eigenvalue weighted by molar-refractivity contribution is 7.28. The summed E-state index contributed by atoms with van der Waals surface area (Å²) in [7, 11) is 0. The lowest BCUT2D eigenvalue weighted by Gasteiger charge is -2.03. The summed E-state index contributed by atoms with van der Waals surface area (Å²) in [6, 6.07) is 11.3. The normalized spacial score (nSPS) is 11.2. The Kier molecular flexibility index (Phi) is 3.96. The van der Waals surface area contributed by atoms with Crippen LogP contribution in [0.15, 0.2) is 36.4 Å². The maximum absolute atomic E-state index is 12.3. The number of aryl methyl sites for hydroxylation is 1. The second kappa shape index (κ2) is 6.12. The van der Waals surface area contributed by atoms with Gasteiger partial charge in [0.25, 0.3) is 0 Å². The van der Waals surface area contributed by atoms with E-state index in [0.717, 1.165) is 31.0 Å². The van der Waals surface area contributed by atoms with E-state index in [2.05, 4.69) is 15.3 Å². The fraction of sp³-hybridized carbons (Fsp3) is 0.118. The number of anilines is 1. The number of carbonyl (C=O) groups is 1. The molecule has 0 aliphatic rings. The van der Waals surface area contributed by atoms with Gasteiger partial charge in [-0.05, 0) is 30.7 Å². The Bertz CT molecular complexity index is 1070. The maximum atomic E-state index is 12.3. The lowest BCUT2D eigenvalue weighted by atomic mass is 10.1. The van der Waals surface area contributed by atoms with Crippen LogP contribution in [-0.4, -0.2) is 15.9 Å². The van der Waals surface area contributed by atoms with Crippen molar-refractivity contribution in [2.45, 2.75) is 13.3 Å². The van der Waals surface area contributed by atoms with E-state index < -0.39 is 0 Å². The van der Waals surface area contributed by atoms with Crippen molar-refractivity contribution in [3.05, 3.63) is 52.0 Å². The number of nitrogens with one attached hydrogen (secondary N) is 1. The van der Waals surface area contributed by atoms with Crippen LogP contribution >= 0.6 is 34.3 Å². The van der Waals surface area contributed by atoms with E-state index in [-0.39, 0.29) is 12.3 Å². The molecule has 2 heterocycles. The molecule has 0 radical (unpaired) electrons. The first-order chi connectivity index (χ1) is 11.6. The minimum atomic E-state index is -0.126. The van der Waals surface area contributed by atoms with Crippen LogP contribution in [0.5, 0.6) is 0 Å². The summed E-state index contributed by atoms with van der Waals surface area (Å²) in [5.74, 6) is -0.126. The van der Waals surface area contributed by atoms with Gasteiger partial charge in [0.1, 0.15) is 0 Å². The summed E-state index contributed by atoms with van der Waals surface area (Å²) < 4.78 is 2.18. The summed E-state index contributed by atoms with van der Waals surface area (Å²) in [6.07, 6.45) is 0.227. The van der Waals surface area contributed by atoms with E-state index >= 15 is 0 Å². The zero-order valence-corrected chi connectivity index (χ0v) is 15.1. The van der Waals surface area contributed by atoms with Crippen LogP contribution < -0.4 is 5.32 Å². The molecule has 0 fully saturated rings. The minimum absolute atomic E-state index is 0.126. The molecule has 0 saturated carbocycles. The van der Waals surface area contributed by atoms with E-state index in [1.165, 1.54) is 11.3 Å². The van der Waals surface area contributed by atoms with Crippen LogP contribution in [0.2, 0.25) is 5.02 Å². The molecule has 2 aromatic carbocycles. The van der Waals surface area contributed by atoms with E-state index in [0.29, 0.717) is 10.2 Å². The number of halogens is 1. The molecule has 1 amide bonds. The largest absolute Gasteiger partial charge is 0.302 e. The average molecular weight is 374 g/mol. The van der Waals surface area contributed by atoms with Crippen LogP contribution in [0, 0.1) is 6.92 Å². The van der Waals surface area contributed by atoms with Crippen LogP contribution in [-0.2, 0) is 11.2 Å². The molecule has 120 valence electrons. The van der Waals surface area contributed by atoms with Gasteiger partial charge in [0.2, 0.25) is 5.91 Å². The van der Waals surface area contributed by atoms with Crippen molar-refractivity contribution in [2.24, 2.45) is 0 Å². The Morgan fingerprint density at radius 3 is 2.58 bits per heavy atom. The highest BCUT2D eigenvalue weighted by Crippen LogP contribution is 2.35. The SMILES string of the molecule is Cc1nc2ccc3nc(NC(=O)Cc4ccccc4Cl)sc3c2s1. The molecule has 0 saturated heterocycles. The van der Waals surface area contributed by atoms with Gasteiger partial charge < -0.3 is 5.32 Å². The number of hydrogen-bond acceptors (Lipinski definition) is 5. The monoisotopic (exact) mass is 373 g/mol. The molecule has 4 nitrogen and oxygen atoms in total. The van der Waals surface area contributed by atoms with Gasteiger partial charge in [0.15, 0.2) is 5.13 Å². The average Bonchev–Trinajstić information content (AvgIpc) is 3.11. The van der Waals surface area contributed by atoms with Crippen molar-refractivity contribution in [2.75, 3.05) is 5.32 Å². The number of amides is 1. The number of rotatable bonds is 3. The van der Waals surface area contributed by atoms with Gasteiger partial charge in [-0.15, -0.1) is 11.3 Å². The molecule has 0 aliphatic carbocycles. The predicted octanol–water partition coefficient (Wildman–Crippen LogP) is 5.05. The number of thiazole rings is 2. The number of aromatic nitrogens is 2. The molecular formula is C17H12ClN3OS2. The molecule has 2 aromatic heterocycles. The fourth-order valence-corrected chi connectivity index (χ4v) is 4.74. The molecule has 4 aromatic rings. The van der Waals surface area contributed by atoms with Crippen molar-refractivity contribution in [3.63, 3.8) is 0 Å². The Hall–Kier alpha value is -2.02.